The number of anilines is 1. The minimum atomic E-state index is -0.117. The average Bonchev–Trinajstić information content (AvgIpc) is 3.13. The van der Waals surface area contributed by atoms with Crippen molar-refractivity contribution in [3.63, 3.8) is 0 Å². The van der Waals surface area contributed by atoms with Crippen LogP contribution < -0.4 is 10.1 Å². The van der Waals surface area contributed by atoms with Crippen LogP contribution in [0.5, 0.6) is 5.75 Å². The number of rotatable bonds is 8. The number of halogens is 1. The number of amides is 1. The molecule has 0 fully saturated rings. The molecule has 1 amide bonds. The summed E-state index contributed by atoms with van der Waals surface area (Å²) in [6.45, 7) is 7.19. The van der Waals surface area contributed by atoms with Crippen LogP contribution in [-0.4, -0.2) is 33.0 Å². The van der Waals surface area contributed by atoms with Gasteiger partial charge in [-0.3, -0.25) is 4.79 Å². The van der Waals surface area contributed by atoms with E-state index in [9.17, 15) is 4.79 Å². The normalized spacial score (nSPS) is 10.8. The summed E-state index contributed by atoms with van der Waals surface area (Å²) in [6, 6.07) is 13.2. The molecular formula is C21H23ClN4O2S. The van der Waals surface area contributed by atoms with Crippen LogP contribution in [0.1, 0.15) is 19.4 Å². The Hall–Kier alpha value is -2.51. The number of nitrogens with one attached hydrogen (secondary N) is 1. The third kappa shape index (κ3) is 5.10. The lowest BCUT2D eigenvalue weighted by Gasteiger charge is -2.10. The van der Waals surface area contributed by atoms with Gasteiger partial charge in [-0.15, -0.1) is 10.2 Å². The van der Waals surface area contributed by atoms with Gasteiger partial charge in [0.25, 0.3) is 0 Å². The number of thioether (sulfide) groups is 1. The Labute approximate surface area is 179 Å². The number of carbonyl (C=O) groups is 1. The second-order valence-corrected chi connectivity index (χ2v) is 7.61. The lowest BCUT2D eigenvalue weighted by molar-refractivity contribution is -0.113. The Morgan fingerprint density at radius 2 is 1.93 bits per heavy atom. The van der Waals surface area contributed by atoms with E-state index in [1.165, 1.54) is 11.8 Å². The van der Waals surface area contributed by atoms with Crippen molar-refractivity contribution in [2.45, 2.75) is 32.5 Å². The molecule has 8 heteroatoms. The van der Waals surface area contributed by atoms with E-state index in [0.29, 0.717) is 23.3 Å². The van der Waals surface area contributed by atoms with Gasteiger partial charge in [0.2, 0.25) is 5.91 Å². The van der Waals surface area contributed by atoms with Gasteiger partial charge in [-0.25, -0.2) is 0 Å². The average molecular weight is 431 g/mol. The van der Waals surface area contributed by atoms with Crippen LogP contribution in [0, 0.1) is 6.92 Å². The van der Waals surface area contributed by atoms with Crippen LogP contribution in [0.2, 0.25) is 5.02 Å². The first kappa shape index (κ1) is 21.2. The van der Waals surface area contributed by atoms with Gasteiger partial charge in [-0.2, -0.15) is 0 Å². The summed E-state index contributed by atoms with van der Waals surface area (Å²) in [5.74, 6) is 1.70. The fraction of sp³-hybridized carbons (Fsp3) is 0.286. The van der Waals surface area contributed by atoms with Crippen molar-refractivity contribution in [1.82, 2.24) is 14.8 Å². The summed E-state index contributed by atoms with van der Waals surface area (Å²) >= 11 is 7.47. The van der Waals surface area contributed by atoms with Gasteiger partial charge in [0, 0.05) is 22.8 Å². The summed E-state index contributed by atoms with van der Waals surface area (Å²) in [5.41, 5.74) is 2.52. The molecule has 1 aromatic heterocycles. The molecule has 3 aromatic rings. The molecule has 0 saturated heterocycles. The molecule has 0 unspecified atom stereocenters. The van der Waals surface area contributed by atoms with Crippen molar-refractivity contribution in [2.24, 2.45) is 0 Å². The van der Waals surface area contributed by atoms with E-state index in [2.05, 4.69) is 15.5 Å². The molecular weight excluding hydrogens is 408 g/mol. The van der Waals surface area contributed by atoms with E-state index in [0.717, 1.165) is 28.4 Å². The molecule has 1 N–H and O–H groups in total. The number of hydrogen-bond acceptors (Lipinski definition) is 5. The van der Waals surface area contributed by atoms with Gasteiger partial charge in [0.05, 0.1) is 12.4 Å². The standard InChI is InChI=1S/C21H23ClN4O2S/c1-4-26-20(15-9-11-16(12-10-15)28-5-2)24-25-21(26)29-13-19(27)23-18-8-6-7-17(22)14(18)3/h6-12H,4-5,13H2,1-3H3,(H,23,27). The molecule has 152 valence electrons. The number of carbonyl (C=O) groups excluding carboxylic acids is 1. The Morgan fingerprint density at radius 1 is 1.17 bits per heavy atom. The molecule has 0 bridgehead atoms. The fourth-order valence-corrected chi connectivity index (χ4v) is 3.80. The number of ether oxygens (including phenoxy) is 1. The van der Waals surface area contributed by atoms with Gasteiger partial charge >= 0.3 is 0 Å². The lowest BCUT2D eigenvalue weighted by Crippen LogP contribution is -2.15. The van der Waals surface area contributed by atoms with Crippen LogP contribution in [0.4, 0.5) is 5.69 Å². The Morgan fingerprint density at radius 3 is 2.62 bits per heavy atom. The van der Waals surface area contributed by atoms with E-state index in [1.807, 2.05) is 61.7 Å². The third-order valence-electron chi connectivity index (χ3n) is 4.33. The highest BCUT2D eigenvalue weighted by molar-refractivity contribution is 7.99. The molecule has 0 spiro atoms. The van der Waals surface area contributed by atoms with Gasteiger partial charge < -0.3 is 14.6 Å². The first-order valence-electron chi connectivity index (χ1n) is 9.37. The largest absolute Gasteiger partial charge is 0.494 e. The summed E-state index contributed by atoms with van der Waals surface area (Å²) < 4.78 is 7.49. The van der Waals surface area contributed by atoms with E-state index in [4.69, 9.17) is 16.3 Å². The maximum Gasteiger partial charge on any atom is 0.234 e. The molecule has 0 radical (unpaired) electrons. The monoisotopic (exact) mass is 430 g/mol. The molecule has 0 saturated carbocycles. The Balaban J connectivity index is 1.68. The van der Waals surface area contributed by atoms with Crippen molar-refractivity contribution in [1.29, 1.82) is 0 Å². The van der Waals surface area contributed by atoms with Crippen molar-refractivity contribution in [3.8, 4) is 17.1 Å². The molecule has 0 atom stereocenters. The Kier molecular flexibility index (Phi) is 7.17. The Bertz CT molecular complexity index is 989. The maximum atomic E-state index is 12.4. The first-order chi connectivity index (χ1) is 14.0. The van der Waals surface area contributed by atoms with Crippen LogP contribution in [-0.2, 0) is 11.3 Å². The molecule has 0 aliphatic rings. The first-order valence-corrected chi connectivity index (χ1v) is 10.7. The summed E-state index contributed by atoms with van der Waals surface area (Å²) in [5, 5.41) is 12.8. The number of benzene rings is 2. The van der Waals surface area contributed by atoms with Gasteiger partial charge in [0.1, 0.15) is 5.75 Å². The highest BCUT2D eigenvalue weighted by atomic mass is 35.5. The molecule has 29 heavy (non-hydrogen) atoms. The molecule has 2 aromatic carbocycles. The third-order valence-corrected chi connectivity index (χ3v) is 5.71. The highest BCUT2D eigenvalue weighted by Crippen LogP contribution is 2.27. The van der Waals surface area contributed by atoms with Crippen molar-refractivity contribution >= 4 is 35.0 Å². The second kappa shape index (κ2) is 9.80. The topological polar surface area (TPSA) is 69.0 Å². The lowest BCUT2D eigenvalue weighted by atomic mass is 10.2. The fourth-order valence-electron chi connectivity index (χ4n) is 2.82. The molecule has 0 aliphatic heterocycles. The number of hydrogen-bond donors (Lipinski definition) is 1. The molecule has 6 nitrogen and oxygen atoms in total. The predicted molar refractivity (Wildman–Crippen MR) is 118 cm³/mol. The second-order valence-electron chi connectivity index (χ2n) is 6.26. The van der Waals surface area contributed by atoms with Crippen molar-refractivity contribution in [2.75, 3.05) is 17.7 Å². The number of nitrogens with zero attached hydrogens (tertiary/aromatic N) is 3. The number of aromatic nitrogens is 3. The SMILES string of the molecule is CCOc1ccc(-c2nnc(SCC(=O)Nc3cccc(Cl)c3C)n2CC)cc1. The van der Waals surface area contributed by atoms with Crippen LogP contribution in [0.25, 0.3) is 11.4 Å². The summed E-state index contributed by atoms with van der Waals surface area (Å²) in [4.78, 5) is 12.4. The van der Waals surface area contributed by atoms with Gasteiger partial charge in [0.15, 0.2) is 11.0 Å². The van der Waals surface area contributed by atoms with E-state index >= 15 is 0 Å². The zero-order valence-corrected chi connectivity index (χ0v) is 18.2. The van der Waals surface area contributed by atoms with Crippen molar-refractivity contribution in [3.05, 3.63) is 53.1 Å². The zero-order chi connectivity index (χ0) is 20.8. The van der Waals surface area contributed by atoms with E-state index in [1.54, 1.807) is 6.07 Å². The highest BCUT2D eigenvalue weighted by Gasteiger charge is 2.15. The summed E-state index contributed by atoms with van der Waals surface area (Å²) in [7, 11) is 0. The quantitative estimate of drug-likeness (QED) is 0.506. The maximum absolute atomic E-state index is 12.4. The zero-order valence-electron chi connectivity index (χ0n) is 16.6. The smallest absolute Gasteiger partial charge is 0.234 e. The van der Waals surface area contributed by atoms with Crippen LogP contribution in [0.15, 0.2) is 47.6 Å². The van der Waals surface area contributed by atoms with Gasteiger partial charge in [-0.1, -0.05) is 29.4 Å². The van der Waals surface area contributed by atoms with Gasteiger partial charge in [-0.05, 0) is 62.7 Å². The molecule has 0 aliphatic carbocycles. The minimum Gasteiger partial charge on any atom is -0.494 e. The molecule has 3 rings (SSSR count). The van der Waals surface area contributed by atoms with Crippen LogP contribution in [0.3, 0.4) is 0 Å². The summed E-state index contributed by atoms with van der Waals surface area (Å²) in [6.07, 6.45) is 0. The van der Waals surface area contributed by atoms with Crippen molar-refractivity contribution < 1.29 is 9.53 Å². The minimum absolute atomic E-state index is 0.117. The molecule has 1 heterocycles. The predicted octanol–water partition coefficient (Wildman–Crippen LogP) is 5.06. The van der Waals surface area contributed by atoms with E-state index < -0.39 is 0 Å². The van der Waals surface area contributed by atoms with E-state index in [-0.39, 0.29) is 11.7 Å². The van der Waals surface area contributed by atoms with Crippen LogP contribution >= 0.6 is 23.4 Å².